The highest BCUT2D eigenvalue weighted by molar-refractivity contribution is 5.51. The molecule has 0 amide bonds. The van der Waals surface area contributed by atoms with Crippen LogP contribution in [0.15, 0.2) is 42.5 Å². The topological polar surface area (TPSA) is 29.3 Å². The maximum atomic E-state index is 13.6. The molecular formula is C18H23FN2. The molecule has 0 fully saturated rings. The molecule has 0 aromatic heterocycles. The molecule has 2 nitrogen and oxygen atoms in total. The summed E-state index contributed by atoms with van der Waals surface area (Å²) in [5.74, 6) is -0.214. The zero-order chi connectivity index (χ0) is 15.4. The molecule has 0 aliphatic rings. The van der Waals surface area contributed by atoms with Crippen LogP contribution in [0.5, 0.6) is 0 Å². The van der Waals surface area contributed by atoms with Crippen LogP contribution in [-0.2, 0) is 0 Å². The molecule has 2 N–H and O–H groups in total. The first-order chi connectivity index (χ1) is 10.1. The van der Waals surface area contributed by atoms with E-state index in [-0.39, 0.29) is 11.9 Å². The van der Waals surface area contributed by atoms with Crippen molar-refractivity contribution in [3.8, 4) is 0 Å². The fraction of sp³-hybridized carbons (Fsp3) is 0.333. The second kappa shape index (κ2) is 6.72. The number of hydrogen-bond acceptors (Lipinski definition) is 2. The monoisotopic (exact) mass is 286 g/mol. The molecule has 0 spiro atoms. The van der Waals surface area contributed by atoms with Gasteiger partial charge in [0.25, 0.3) is 0 Å². The summed E-state index contributed by atoms with van der Waals surface area (Å²) in [5, 5.41) is 0. The van der Waals surface area contributed by atoms with E-state index < -0.39 is 0 Å². The Hall–Kier alpha value is -1.87. The van der Waals surface area contributed by atoms with Gasteiger partial charge in [0.15, 0.2) is 0 Å². The molecule has 0 bridgehead atoms. The second-order valence-electron chi connectivity index (χ2n) is 5.37. The highest BCUT2D eigenvalue weighted by Crippen LogP contribution is 2.29. The van der Waals surface area contributed by atoms with Gasteiger partial charge in [0, 0.05) is 18.8 Å². The summed E-state index contributed by atoms with van der Waals surface area (Å²) < 4.78 is 13.6. The van der Waals surface area contributed by atoms with E-state index >= 15 is 0 Å². The third kappa shape index (κ3) is 3.42. The number of halogens is 1. The quantitative estimate of drug-likeness (QED) is 0.901. The van der Waals surface area contributed by atoms with Crippen LogP contribution in [0, 0.1) is 19.7 Å². The van der Waals surface area contributed by atoms with E-state index in [2.05, 4.69) is 43.0 Å². The van der Waals surface area contributed by atoms with Crippen molar-refractivity contribution >= 4 is 5.69 Å². The van der Waals surface area contributed by atoms with Crippen molar-refractivity contribution in [3.63, 3.8) is 0 Å². The minimum absolute atomic E-state index is 0.0200. The summed E-state index contributed by atoms with van der Waals surface area (Å²) in [5.41, 5.74) is 10.4. The van der Waals surface area contributed by atoms with Gasteiger partial charge in [-0.1, -0.05) is 23.8 Å². The number of benzene rings is 2. The Bertz CT molecular complexity index is 593. The molecule has 0 saturated carbocycles. The lowest BCUT2D eigenvalue weighted by atomic mass is 9.99. The van der Waals surface area contributed by atoms with Crippen LogP contribution in [0.4, 0.5) is 10.1 Å². The lowest BCUT2D eigenvalue weighted by molar-refractivity contribution is 0.605. The molecule has 0 saturated heterocycles. The second-order valence-corrected chi connectivity index (χ2v) is 5.37. The Morgan fingerprint density at radius 2 is 1.76 bits per heavy atom. The largest absolute Gasteiger partial charge is 0.363 e. The van der Waals surface area contributed by atoms with Crippen molar-refractivity contribution in [2.24, 2.45) is 5.73 Å². The van der Waals surface area contributed by atoms with Crippen LogP contribution in [0.3, 0.4) is 0 Å². The molecule has 0 aliphatic carbocycles. The summed E-state index contributed by atoms with van der Waals surface area (Å²) in [6, 6.07) is 13.3. The molecule has 2 rings (SSSR count). The molecule has 0 radical (unpaired) electrons. The molecule has 112 valence electrons. The van der Waals surface area contributed by atoms with Gasteiger partial charge in [0.1, 0.15) is 5.82 Å². The van der Waals surface area contributed by atoms with Gasteiger partial charge in [-0.05, 0) is 56.2 Å². The summed E-state index contributed by atoms with van der Waals surface area (Å²) >= 11 is 0. The number of aryl methyl sites for hydroxylation is 2. The van der Waals surface area contributed by atoms with E-state index in [1.165, 1.54) is 11.6 Å². The van der Waals surface area contributed by atoms with Gasteiger partial charge in [0.05, 0.1) is 6.04 Å². The Labute approximate surface area is 126 Å². The SMILES string of the molecule is CCN(c1ccc(C)cc1)C(CN)c1cc(F)ccc1C. The average Bonchev–Trinajstić information content (AvgIpc) is 2.49. The van der Waals surface area contributed by atoms with Crippen molar-refractivity contribution in [1.29, 1.82) is 0 Å². The molecule has 0 heterocycles. The van der Waals surface area contributed by atoms with Gasteiger partial charge in [-0.15, -0.1) is 0 Å². The highest BCUT2D eigenvalue weighted by atomic mass is 19.1. The predicted molar refractivity (Wildman–Crippen MR) is 87.1 cm³/mol. The number of nitrogens with zero attached hydrogens (tertiary/aromatic N) is 1. The summed E-state index contributed by atoms with van der Waals surface area (Å²) in [6.45, 7) is 7.43. The number of nitrogens with two attached hydrogens (primary N) is 1. The van der Waals surface area contributed by atoms with Crippen LogP contribution in [0.25, 0.3) is 0 Å². The average molecular weight is 286 g/mol. The summed E-state index contributed by atoms with van der Waals surface area (Å²) in [6.07, 6.45) is 0. The van der Waals surface area contributed by atoms with Crippen molar-refractivity contribution < 1.29 is 4.39 Å². The lowest BCUT2D eigenvalue weighted by Gasteiger charge is -2.33. The molecule has 21 heavy (non-hydrogen) atoms. The van der Waals surface area contributed by atoms with Crippen molar-refractivity contribution in [3.05, 3.63) is 65.0 Å². The predicted octanol–water partition coefficient (Wildman–Crippen LogP) is 3.97. The Balaban J connectivity index is 2.42. The molecule has 2 aromatic rings. The number of anilines is 1. The molecule has 2 aromatic carbocycles. The van der Waals surface area contributed by atoms with Gasteiger partial charge in [0.2, 0.25) is 0 Å². The molecule has 0 aliphatic heterocycles. The van der Waals surface area contributed by atoms with E-state index in [9.17, 15) is 4.39 Å². The Kier molecular flexibility index (Phi) is 4.97. The summed E-state index contributed by atoms with van der Waals surface area (Å²) in [4.78, 5) is 2.22. The van der Waals surface area contributed by atoms with E-state index in [0.29, 0.717) is 6.54 Å². The van der Waals surface area contributed by atoms with Crippen LogP contribution >= 0.6 is 0 Å². The normalized spacial score (nSPS) is 12.2. The van der Waals surface area contributed by atoms with Crippen LogP contribution in [0.2, 0.25) is 0 Å². The first-order valence-electron chi connectivity index (χ1n) is 7.36. The summed E-state index contributed by atoms with van der Waals surface area (Å²) in [7, 11) is 0. The smallest absolute Gasteiger partial charge is 0.123 e. The number of likely N-dealkylation sites (N-methyl/N-ethyl adjacent to an activating group) is 1. The van der Waals surface area contributed by atoms with Gasteiger partial charge in [-0.25, -0.2) is 4.39 Å². The highest BCUT2D eigenvalue weighted by Gasteiger charge is 2.20. The standard InChI is InChI=1S/C18H23FN2/c1-4-21(16-9-5-13(2)6-10-16)18(12-20)17-11-15(19)8-7-14(17)3/h5-11,18H,4,12,20H2,1-3H3. The van der Waals surface area contributed by atoms with Crippen LogP contribution in [-0.4, -0.2) is 13.1 Å². The molecular weight excluding hydrogens is 263 g/mol. The molecule has 1 unspecified atom stereocenters. The molecule has 1 atom stereocenters. The maximum Gasteiger partial charge on any atom is 0.123 e. The Morgan fingerprint density at radius 3 is 2.33 bits per heavy atom. The van der Waals surface area contributed by atoms with Crippen molar-refractivity contribution in [2.45, 2.75) is 26.8 Å². The van der Waals surface area contributed by atoms with E-state index in [1.54, 1.807) is 6.07 Å². The van der Waals surface area contributed by atoms with Crippen molar-refractivity contribution in [1.82, 2.24) is 0 Å². The van der Waals surface area contributed by atoms with E-state index in [1.807, 2.05) is 13.0 Å². The number of rotatable bonds is 5. The van der Waals surface area contributed by atoms with Gasteiger partial charge >= 0.3 is 0 Å². The Morgan fingerprint density at radius 1 is 1.10 bits per heavy atom. The maximum absolute atomic E-state index is 13.6. The van der Waals surface area contributed by atoms with Crippen LogP contribution in [0.1, 0.15) is 29.7 Å². The van der Waals surface area contributed by atoms with Gasteiger partial charge in [-0.3, -0.25) is 0 Å². The minimum Gasteiger partial charge on any atom is -0.363 e. The third-order valence-corrected chi connectivity index (χ3v) is 3.91. The fourth-order valence-corrected chi connectivity index (χ4v) is 2.71. The first-order valence-corrected chi connectivity index (χ1v) is 7.36. The van der Waals surface area contributed by atoms with Gasteiger partial charge < -0.3 is 10.6 Å². The third-order valence-electron chi connectivity index (χ3n) is 3.91. The fourth-order valence-electron chi connectivity index (χ4n) is 2.71. The van der Waals surface area contributed by atoms with E-state index in [0.717, 1.165) is 23.4 Å². The van der Waals surface area contributed by atoms with Crippen LogP contribution < -0.4 is 10.6 Å². The van der Waals surface area contributed by atoms with Crippen molar-refractivity contribution in [2.75, 3.05) is 18.0 Å². The van der Waals surface area contributed by atoms with E-state index in [4.69, 9.17) is 5.73 Å². The minimum atomic E-state index is -0.214. The number of hydrogen-bond donors (Lipinski definition) is 1. The first kappa shape index (κ1) is 15.5. The zero-order valence-electron chi connectivity index (χ0n) is 12.9. The lowest BCUT2D eigenvalue weighted by Crippen LogP contribution is -2.34. The molecule has 3 heteroatoms. The zero-order valence-corrected chi connectivity index (χ0v) is 12.9. The van der Waals surface area contributed by atoms with Gasteiger partial charge in [-0.2, -0.15) is 0 Å².